The highest BCUT2D eigenvalue weighted by Gasteiger charge is 2.19. The number of para-hydroxylation sites is 2. The number of rotatable bonds is 2. The Bertz CT molecular complexity index is 1060. The Morgan fingerprint density at radius 3 is 1.92 bits per heavy atom. The fraction of sp³-hybridized carbons (Fsp3) is 0. The summed E-state index contributed by atoms with van der Waals surface area (Å²) in [6.45, 7) is 0. The number of hydrogen-bond donors (Lipinski definition) is 0. The molecule has 0 aliphatic carbocycles. The fourth-order valence-corrected chi connectivity index (χ4v) is 3.36. The second kappa shape index (κ2) is 5.51. The van der Waals surface area contributed by atoms with Gasteiger partial charge in [0.15, 0.2) is 0 Å². The topological polar surface area (TPSA) is 48.1 Å². The van der Waals surface area contributed by atoms with Crippen molar-refractivity contribution < 1.29 is 4.92 Å². The van der Waals surface area contributed by atoms with Gasteiger partial charge in [-0.3, -0.25) is 10.1 Å². The number of hydrogen-bond acceptors (Lipinski definition) is 2. The average molecular weight is 357 g/mol. The second-order valence-electron chi connectivity index (χ2n) is 5.40. The van der Waals surface area contributed by atoms with Crippen LogP contribution in [-0.2, 0) is 0 Å². The van der Waals surface area contributed by atoms with Crippen molar-refractivity contribution in [3.8, 4) is 5.69 Å². The third-order valence-electron chi connectivity index (χ3n) is 4.01. The molecule has 0 unspecified atom stereocenters. The lowest BCUT2D eigenvalue weighted by atomic mass is 10.1. The summed E-state index contributed by atoms with van der Waals surface area (Å²) in [5.41, 5.74) is 2.10. The van der Waals surface area contributed by atoms with E-state index in [9.17, 15) is 10.1 Å². The molecule has 0 aliphatic rings. The smallest absolute Gasteiger partial charge is 0.293 e. The quantitative estimate of drug-likeness (QED) is 0.326. The first-order valence-electron chi connectivity index (χ1n) is 7.19. The summed E-state index contributed by atoms with van der Waals surface area (Å²) in [5.74, 6) is 0. The van der Waals surface area contributed by atoms with Crippen molar-refractivity contribution in [3.63, 3.8) is 0 Å². The van der Waals surface area contributed by atoms with Crippen LogP contribution < -0.4 is 0 Å². The summed E-state index contributed by atoms with van der Waals surface area (Å²) in [6.07, 6.45) is 0. The number of nitro benzene ring substituents is 1. The third kappa shape index (κ3) is 2.23. The number of nitro groups is 1. The van der Waals surface area contributed by atoms with Crippen molar-refractivity contribution in [2.75, 3.05) is 0 Å². The van der Waals surface area contributed by atoms with Gasteiger partial charge in [0.25, 0.3) is 5.69 Å². The summed E-state index contributed by atoms with van der Waals surface area (Å²) in [4.78, 5) is 11.1. The highest BCUT2D eigenvalue weighted by Crippen LogP contribution is 2.37. The Labute approximate surface area is 147 Å². The molecule has 1 heterocycles. The van der Waals surface area contributed by atoms with E-state index in [1.54, 1.807) is 18.2 Å². The van der Waals surface area contributed by atoms with Crippen molar-refractivity contribution in [2.24, 2.45) is 0 Å². The Morgan fingerprint density at radius 2 is 1.38 bits per heavy atom. The molecular weight excluding hydrogens is 347 g/mol. The van der Waals surface area contributed by atoms with Gasteiger partial charge in [0.1, 0.15) is 5.69 Å². The molecule has 0 spiro atoms. The van der Waals surface area contributed by atoms with Crippen LogP contribution in [0.4, 0.5) is 5.69 Å². The largest absolute Gasteiger partial charge is 0.303 e. The normalized spacial score (nSPS) is 11.2. The zero-order chi connectivity index (χ0) is 16.8. The molecule has 0 bridgehead atoms. The minimum absolute atomic E-state index is 0.0243. The second-order valence-corrected chi connectivity index (χ2v) is 6.28. The summed E-state index contributed by atoms with van der Waals surface area (Å²) in [6, 6.07) is 17.7. The fourth-order valence-electron chi connectivity index (χ4n) is 3.03. The van der Waals surface area contributed by atoms with Crippen LogP contribution in [0.15, 0.2) is 60.7 Å². The minimum Gasteiger partial charge on any atom is -0.303 e. The van der Waals surface area contributed by atoms with Crippen LogP contribution in [-0.4, -0.2) is 9.49 Å². The molecule has 0 atom stereocenters. The Kier molecular flexibility index (Phi) is 3.44. The SMILES string of the molecule is O=[N+]([O-])c1ccccc1-n1c2cc(Cl)ccc2c2ccc(Cl)cc21. The lowest BCUT2D eigenvalue weighted by Gasteiger charge is -2.08. The van der Waals surface area contributed by atoms with Gasteiger partial charge in [-0.05, 0) is 30.3 Å². The van der Waals surface area contributed by atoms with Crippen molar-refractivity contribution in [3.05, 3.63) is 80.8 Å². The number of halogens is 2. The molecule has 24 heavy (non-hydrogen) atoms. The molecule has 1 aromatic heterocycles. The Morgan fingerprint density at radius 1 is 0.833 bits per heavy atom. The highest BCUT2D eigenvalue weighted by atomic mass is 35.5. The third-order valence-corrected chi connectivity index (χ3v) is 4.48. The molecule has 4 aromatic rings. The molecule has 0 saturated heterocycles. The molecule has 0 fully saturated rings. The number of benzene rings is 3. The van der Waals surface area contributed by atoms with Gasteiger partial charge in [0.05, 0.1) is 16.0 Å². The van der Waals surface area contributed by atoms with Gasteiger partial charge >= 0.3 is 0 Å². The minimum atomic E-state index is -0.387. The number of fused-ring (bicyclic) bond motifs is 3. The van der Waals surface area contributed by atoms with Crippen LogP contribution in [0.2, 0.25) is 10.0 Å². The maximum Gasteiger partial charge on any atom is 0.293 e. The molecule has 0 aliphatic heterocycles. The van der Waals surface area contributed by atoms with Gasteiger partial charge in [0.2, 0.25) is 0 Å². The van der Waals surface area contributed by atoms with Crippen LogP contribution in [0.3, 0.4) is 0 Å². The number of aromatic nitrogens is 1. The van der Waals surface area contributed by atoms with Gasteiger partial charge < -0.3 is 4.57 Å². The van der Waals surface area contributed by atoms with Gasteiger partial charge in [-0.15, -0.1) is 0 Å². The van der Waals surface area contributed by atoms with Gasteiger partial charge in [-0.25, -0.2) is 0 Å². The van der Waals surface area contributed by atoms with Crippen LogP contribution in [0, 0.1) is 10.1 Å². The highest BCUT2D eigenvalue weighted by molar-refractivity contribution is 6.32. The first-order chi connectivity index (χ1) is 11.6. The van der Waals surface area contributed by atoms with Crippen LogP contribution >= 0.6 is 23.2 Å². The predicted molar refractivity (Wildman–Crippen MR) is 97.5 cm³/mol. The van der Waals surface area contributed by atoms with E-state index in [2.05, 4.69) is 0 Å². The first kappa shape index (κ1) is 15.0. The van der Waals surface area contributed by atoms with Gasteiger partial charge in [-0.2, -0.15) is 0 Å². The monoisotopic (exact) mass is 356 g/mol. The van der Waals surface area contributed by atoms with E-state index in [0.717, 1.165) is 21.8 Å². The van der Waals surface area contributed by atoms with Crippen LogP contribution in [0.25, 0.3) is 27.5 Å². The van der Waals surface area contributed by atoms with Crippen molar-refractivity contribution in [1.29, 1.82) is 0 Å². The summed E-state index contributed by atoms with van der Waals surface area (Å²) in [5, 5.41) is 14.5. The summed E-state index contributed by atoms with van der Waals surface area (Å²) in [7, 11) is 0. The molecule has 0 saturated carbocycles. The van der Waals surface area contributed by atoms with Crippen LogP contribution in [0.1, 0.15) is 0 Å². The van der Waals surface area contributed by atoms with E-state index >= 15 is 0 Å². The van der Waals surface area contributed by atoms with Gasteiger partial charge in [0, 0.05) is 26.9 Å². The molecule has 0 N–H and O–H groups in total. The molecule has 118 valence electrons. The lowest BCUT2D eigenvalue weighted by molar-refractivity contribution is -0.384. The maximum absolute atomic E-state index is 11.5. The Hall–Kier alpha value is -2.56. The van der Waals surface area contributed by atoms with Crippen molar-refractivity contribution in [2.45, 2.75) is 0 Å². The van der Waals surface area contributed by atoms with E-state index in [-0.39, 0.29) is 10.6 Å². The van der Waals surface area contributed by atoms with E-state index in [1.165, 1.54) is 6.07 Å². The molecular formula is C18H10Cl2N2O2. The van der Waals surface area contributed by atoms with Crippen molar-refractivity contribution >= 4 is 50.7 Å². The standard InChI is InChI=1S/C18H10Cl2N2O2/c19-11-5-7-13-14-8-6-12(20)10-18(14)21(17(13)9-11)15-3-1-2-4-16(15)22(23)24/h1-10H. The molecule has 3 aromatic carbocycles. The van der Waals surface area contributed by atoms with Crippen LogP contribution in [0.5, 0.6) is 0 Å². The van der Waals surface area contributed by atoms with Crippen molar-refractivity contribution in [1.82, 2.24) is 4.57 Å². The lowest BCUT2D eigenvalue weighted by Crippen LogP contribution is -1.99. The average Bonchev–Trinajstić information content (AvgIpc) is 2.87. The summed E-state index contributed by atoms with van der Waals surface area (Å²) < 4.78 is 1.83. The maximum atomic E-state index is 11.5. The molecule has 0 radical (unpaired) electrons. The predicted octanol–water partition coefficient (Wildman–Crippen LogP) is 6.00. The first-order valence-corrected chi connectivity index (χ1v) is 7.95. The zero-order valence-corrected chi connectivity index (χ0v) is 13.8. The zero-order valence-electron chi connectivity index (χ0n) is 12.2. The molecule has 0 amide bonds. The number of nitrogens with zero attached hydrogens (tertiary/aromatic N) is 2. The molecule has 4 rings (SSSR count). The van der Waals surface area contributed by atoms with E-state index in [1.807, 2.05) is 41.0 Å². The summed E-state index contributed by atoms with van der Waals surface area (Å²) >= 11 is 12.3. The molecule has 4 nitrogen and oxygen atoms in total. The Balaban J connectivity index is 2.23. The molecule has 6 heteroatoms. The van der Waals surface area contributed by atoms with E-state index < -0.39 is 0 Å². The van der Waals surface area contributed by atoms with E-state index in [4.69, 9.17) is 23.2 Å². The van der Waals surface area contributed by atoms with E-state index in [0.29, 0.717) is 15.7 Å². The van der Waals surface area contributed by atoms with Gasteiger partial charge in [-0.1, -0.05) is 47.5 Å².